The van der Waals surface area contributed by atoms with Crippen molar-refractivity contribution in [2.24, 2.45) is 0 Å². The summed E-state index contributed by atoms with van der Waals surface area (Å²) in [5, 5.41) is 3.80. The van der Waals surface area contributed by atoms with Gasteiger partial charge in [-0.2, -0.15) is 0 Å². The lowest BCUT2D eigenvalue weighted by molar-refractivity contribution is 0.480. The van der Waals surface area contributed by atoms with Crippen LogP contribution >= 0.6 is 11.6 Å². The second kappa shape index (κ2) is 6.93. The van der Waals surface area contributed by atoms with Crippen LogP contribution in [0.5, 0.6) is 11.5 Å². The monoisotopic (exact) mass is 366 g/mol. The van der Waals surface area contributed by atoms with E-state index in [0.717, 1.165) is 0 Å². The first-order valence-electron chi connectivity index (χ1n) is 7.74. The van der Waals surface area contributed by atoms with Crippen LogP contribution in [-0.2, 0) is 0 Å². The van der Waals surface area contributed by atoms with Gasteiger partial charge in [0.1, 0.15) is 29.5 Å². The molecule has 2 aromatic carbocycles. The molecule has 0 amide bonds. The number of nitrogens with one attached hydrogen (secondary N) is 1. The fourth-order valence-corrected chi connectivity index (χ4v) is 2.71. The molecule has 0 radical (unpaired) electrons. The van der Waals surface area contributed by atoms with Crippen molar-refractivity contribution < 1.29 is 9.13 Å². The predicted octanol–water partition coefficient (Wildman–Crippen LogP) is 5.35. The van der Waals surface area contributed by atoms with Crippen molar-refractivity contribution in [1.82, 2.24) is 15.0 Å². The van der Waals surface area contributed by atoms with Crippen LogP contribution in [0, 0.1) is 5.82 Å². The first-order valence-corrected chi connectivity index (χ1v) is 8.12. The van der Waals surface area contributed by atoms with Gasteiger partial charge in [-0.1, -0.05) is 17.7 Å². The zero-order chi connectivity index (χ0) is 17.9. The summed E-state index contributed by atoms with van der Waals surface area (Å²) in [6.45, 7) is 0. The lowest BCUT2D eigenvalue weighted by atomic mass is 10.2. The van der Waals surface area contributed by atoms with E-state index < -0.39 is 5.82 Å². The van der Waals surface area contributed by atoms with Crippen LogP contribution < -0.4 is 10.1 Å². The molecule has 4 rings (SSSR count). The number of fused-ring (bicyclic) bond motifs is 1. The zero-order valence-electron chi connectivity index (χ0n) is 13.4. The van der Waals surface area contributed by atoms with Crippen LogP contribution in [0.4, 0.5) is 15.9 Å². The van der Waals surface area contributed by atoms with Crippen molar-refractivity contribution in [1.29, 1.82) is 0 Å². The Bertz CT molecular complexity index is 1070. The molecule has 0 fully saturated rings. The topological polar surface area (TPSA) is 59.9 Å². The van der Waals surface area contributed by atoms with Crippen LogP contribution in [0.15, 0.2) is 67.3 Å². The molecule has 4 aromatic rings. The largest absolute Gasteiger partial charge is 0.454 e. The Morgan fingerprint density at radius 2 is 1.96 bits per heavy atom. The second-order valence-electron chi connectivity index (χ2n) is 5.42. The number of anilines is 2. The first kappa shape index (κ1) is 16.2. The molecule has 26 heavy (non-hydrogen) atoms. The minimum Gasteiger partial charge on any atom is -0.454 e. The van der Waals surface area contributed by atoms with E-state index in [4.69, 9.17) is 16.3 Å². The summed E-state index contributed by atoms with van der Waals surface area (Å²) in [5.74, 6) is 1.04. The van der Waals surface area contributed by atoms with E-state index in [0.29, 0.717) is 38.9 Å². The highest BCUT2D eigenvalue weighted by Gasteiger charge is 2.10. The number of benzene rings is 2. The number of pyridine rings is 1. The van der Waals surface area contributed by atoms with E-state index in [1.165, 1.54) is 12.4 Å². The Hall–Kier alpha value is -3.25. The molecule has 0 unspecified atom stereocenters. The maximum atomic E-state index is 14.2. The van der Waals surface area contributed by atoms with Crippen molar-refractivity contribution in [2.75, 3.05) is 5.32 Å². The lowest BCUT2D eigenvalue weighted by Crippen LogP contribution is -1.98. The molecule has 0 aliphatic heterocycles. The molecule has 5 nitrogen and oxygen atoms in total. The molecule has 128 valence electrons. The minimum atomic E-state index is -0.395. The van der Waals surface area contributed by atoms with Crippen LogP contribution in [-0.4, -0.2) is 15.0 Å². The fourth-order valence-electron chi connectivity index (χ4n) is 2.50. The molecule has 0 spiro atoms. The average molecular weight is 367 g/mol. The van der Waals surface area contributed by atoms with Gasteiger partial charge in [0, 0.05) is 11.9 Å². The van der Waals surface area contributed by atoms with E-state index in [2.05, 4.69) is 20.3 Å². The minimum absolute atomic E-state index is 0.321. The van der Waals surface area contributed by atoms with Gasteiger partial charge in [0.05, 0.1) is 22.1 Å². The molecule has 0 saturated carbocycles. The number of hydrogen-bond acceptors (Lipinski definition) is 5. The van der Waals surface area contributed by atoms with Crippen molar-refractivity contribution in [2.45, 2.75) is 0 Å². The Balaban J connectivity index is 1.63. The number of hydrogen-bond donors (Lipinski definition) is 1. The standard InChI is InChI=1S/C19H12ClFN4O/c20-14-9-12(6-7-17(14)26-13-3-2-8-22-10-13)25-19-18-15(21)4-1-5-16(18)23-11-24-19/h1-11H,(H,23,24,25). The van der Waals surface area contributed by atoms with Gasteiger partial charge < -0.3 is 10.1 Å². The number of aromatic nitrogens is 3. The van der Waals surface area contributed by atoms with Gasteiger partial charge in [0.15, 0.2) is 0 Å². The van der Waals surface area contributed by atoms with Gasteiger partial charge in [-0.3, -0.25) is 4.98 Å². The van der Waals surface area contributed by atoms with E-state index >= 15 is 0 Å². The van der Waals surface area contributed by atoms with Crippen LogP contribution in [0.25, 0.3) is 10.9 Å². The van der Waals surface area contributed by atoms with E-state index in [1.54, 1.807) is 54.9 Å². The SMILES string of the molecule is Fc1cccc2ncnc(Nc3ccc(Oc4cccnc4)c(Cl)c3)c12. The fraction of sp³-hybridized carbons (Fsp3) is 0. The number of ether oxygens (including phenoxy) is 1. The average Bonchev–Trinajstić information content (AvgIpc) is 2.65. The molecule has 0 atom stereocenters. The number of nitrogens with zero attached hydrogens (tertiary/aromatic N) is 3. The maximum absolute atomic E-state index is 14.2. The Morgan fingerprint density at radius 3 is 2.77 bits per heavy atom. The summed E-state index contributed by atoms with van der Waals surface area (Å²) in [5.41, 5.74) is 1.17. The molecule has 2 heterocycles. The summed E-state index contributed by atoms with van der Waals surface area (Å²) in [4.78, 5) is 12.2. The van der Waals surface area contributed by atoms with Gasteiger partial charge >= 0.3 is 0 Å². The van der Waals surface area contributed by atoms with Crippen LogP contribution in [0.1, 0.15) is 0 Å². The van der Waals surface area contributed by atoms with Gasteiger partial charge in [-0.25, -0.2) is 14.4 Å². The molecule has 0 aliphatic rings. The molecule has 0 bridgehead atoms. The third-order valence-electron chi connectivity index (χ3n) is 3.67. The molecule has 7 heteroatoms. The molecule has 1 N–H and O–H groups in total. The first-order chi connectivity index (χ1) is 12.7. The third-order valence-corrected chi connectivity index (χ3v) is 3.96. The Morgan fingerprint density at radius 1 is 1.04 bits per heavy atom. The van der Waals surface area contributed by atoms with Crippen molar-refractivity contribution >= 4 is 34.0 Å². The summed E-state index contributed by atoms with van der Waals surface area (Å²) in [6, 6.07) is 13.4. The van der Waals surface area contributed by atoms with Gasteiger partial charge in [0.25, 0.3) is 0 Å². The number of rotatable bonds is 4. The highest BCUT2D eigenvalue weighted by atomic mass is 35.5. The van der Waals surface area contributed by atoms with E-state index in [1.807, 2.05) is 0 Å². The smallest absolute Gasteiger partial charge is 0.146 e. The van der Waals surface area contributed by atoms with Gasteiger partial charge in [-0.05, 0) is 42.5 Å². The number of halogens is 2. The highest BCUT2D eigenvalue weighted by molar-refractivity contribution is 6.32. The van der Waals surface area contributed by atoms with Crippen molar-refractivity contribution in [3.8, 4) is 11.5 Å². The second-order valence-corrected chi connectivity index (χ2v) is 5.82. The Labute approximate surface area is 153 Å². The van der Waals surface area contributed by atoms with E-state index in [-0.39, 0.29) is 0 Å². The lowest BCUT2D eigenvalue weighted by Gasteiger charge is -2.11. The van der Waals surface area contributed by atoms with Gasteiger partial charge in [-0.15, -0.1) is 0 Å². The molecule has 0 aliphatic carbocycles. The Kier molecular flexibility index (Phi) is 4.33. The quantitative estimate of drug-likeness (QED) is 0.527. The molecular formula is C19H12ClFN4O. The zero-order valence-corrected chi connectivity index (χ0v) is 14.1. The van der Waals surface area contributed by atoms with Crippen LogP contribution in [0.3, 0.4) is 0 Å². The maximum Gasteiger partial charge on any atom is 0.146 e. The molecule has 2 aromatic heterocycles. The summed E-state index contributed by atoms with van der Waals surface area (Å²) >= 11 is 6.30. The predicted molar refractivity (Wildman–Crippen MR) is 98.5 cm³/mol. The summed E-state index contributed by atoms with van der Waals surface area (Å²) < 4.78 is 19.9. The molecule has 0 saturated heterocycles. The highest BCUT2D eigenvalue weighted by Crippen LogP contribution is 2.33. The summed E-state index contributed by atoms with van der Waals surface area (Å²) in [7, 11) is 0. The normalized spacial score (nSPS) is 10.7. The van der Waals surface area contributed by atoms with Crippen molar-refractivity contribution in [3.05, 3.63) is 78.1 Å². The van der Waals surface area contributed by atoms with Gasteiger partial charge in [0.2, 0.25) is 0 Å². The molecular weight excluding hydrogens is 355 g/mol. The van der Waals surface area contributed by atoms with E-state index in [9.17, 15) is 4.39 Å². The summed E-state index contributed by atoms with van der Waals surface area (Å²) in [6.07, 6.45) is 4.64. The third kappa shape index (κ3) is 3.27. The van der Waals surface area contributed by atoms with Crippen LogP contribution in [0.2, 0.25) is 5.02 Å². The van der Waals surface area contributed by atoms with Crippen molar-refractivity contribution in [3.63, 3.8) is 0 Å².